The number of thioether (sulfide) groups is 1. The van der Waals surface area contributed by atoms with Crippen molar-refractivity contribution in [1.29, 1.82) is 0 Å². The van der Waals surface area contributed by atoms with E-state index in [1.807, 2.05) is 30.3 Å². The normalized spacial score (nSPS) is 11.7. The van der Waals surface area contributed by atoms with Crippen molar-refractivity contribution in [2.45, 2.75) is 5.25 Å². The van der Waals surface area contributed by atoms with Gasteiger partial charge in [0.2, 0.25) is 5.91 Å². The van der Waals surface area contributed by atoms with Gasteiger partial charge in [-0.1, -0.05) is 30.3 Å². The van der Waals surface area contributed by atoms with E-state index in [0.29, 0.717) is 0 Å². The Hall–Kier alpha value is -1.53. The lowest BCUT2D eigenvalue weighted by Gasteiger charge is -2.16. The molecule has 1 atom stereocenters. The number of benzene rings is 1. The molecule has 18 heavy (non-hydrogen) atoms. The number of nitrogens with two attached hydrogens (primary N) is 1. The fourth-order valence-corrected chi connectivity index (χ4v) is 2.45. The Morgan fingerprint density at radius 3 is 2.44 bits per heavy atom. The fraction of sp³-hybridized carbons (Fsp3) is 0.333. The molecule has 0 aliphatic rings. The SMILES string of the molecule is CN(C)C(=O)CSC(C(=O)NN)c1ccccc1. The highest BCUT2D eigenvalue weighted by Crippen LogP contribution is 2.28. The van der Waals surface area contributed by atoms with Gasteiger partial charge in [-0.15, -0.1) is 11.8 Å². The van der Waals surface area contributed by atoms with Gasteiger partial charge in [0.05, 0.1) is 5.75 Å². The number of nitrogens with one attached hydrogen (secondary N) is 1. The lowest BCUT2D eigenvalue weighted by molar-refractivity contribution is -0.125. The summed E-state index contributed by atoms with van der Waals surface area (Å²) in [5.74, 6) is 5.06. The minimum atomic E-state index is -0.472. The van der Waals surface area contributed by atoms with E-state index in [2.05, 4.69) is 5.43 Å². The molecule has 1 aromatic carbocycles. The van der Waals surface area contributed by atoms with Gasteiger partial charge in [0.1, 0.15) is 5.25 Å². The highest BCUT2D eigenvalue weighted by atomic mass is 32.2. The molecule has 1 unspecified atom stereocenters. The summed E-state index contributed by atoms with van der Waals surface area (Å²) in [7, 11) is 3.37. The van der Waals surface area contributed by atoms with Gasteiger partial charge in [0.25, 0.3) is 5.91 Å². The maximum absolute atomic E-state index is 11.7. The summed E-state index contributed by atoms with van der Waals surface area (Å²) >= 11 is 1.26. The van der Waals surface area contributed by atoms with Crippen molar-refractivity contribution in [3.05, 3.63) is 35.9 Å². The molecule has 0 saturated heterocycles. The number of hydrogen-bond acceptors (Lipinski definition) is 4. The van der Waals surface area contributed by atoms with Crippen LogP contribution in [0.3, 0.4) is 0 Å². The zero-order chi connectivity index (χ0) is 13.5. The van der Waals surface area contributed by atoms with Gasteiger partial charge in [-0.3, -0.25) is 15.0 Å². The maximum atomic E-state index is 11.7. The van der Waals surface area contributed by atoms with Gasteiger partial charge in [0.15, 0.2) is 0 Å². The van der Waals surface area contributed by atoms with E-state index in [1.165, 1.54) is 16.7 Å². The van der Waals surface area contributed by atoms with Crippen molar-refractivity contribution in [3.8, 4) is 0 Å². The molecule has 3 N–H and O–H groups in total. The molecule has 0 bridgehead atoms. The highest BCUT2D eigenvalue weighted by Gasteiger charge is 2.21. The lowest BCUT2D eigenvalue weighted by Crippen LogP contribution is -2.34. The number of amides is 2. The largest absolute Gasteiger partial charge is 0.348 e. The number of hydrogen-bond donors (Lipinski definition) is 2. The van der Waals surface area contributed by atoms with E-state index in [0.717, 1.165) is 5.56 Å². The zero-order valence-electron chi connectivity index (χ0n) is 10.4. The molecular weight excluding hydrogens is 250 g/mol. The molecule has 0 spiro atoms. The summed E-state index contributed by atoms with van der Waals surface area (Å²) in [4.78, 5) is 24.7. The van der Waals surface area contributed by atoms with E-state index >= 15 is 0 Å². The molecule has 0 saturated carbocycles. The number of nitrogens with zero attached hydrogens (tertiary/aromatic N) is 1. The molecule has 0 aliphatic carbocycles. The molecule has 5 nitrogen and oxygen atoms in total. The Morgan fingerprint density at radius 1 is 1.33 bits per heavy atom. The third-order valence-electron chi connectivity index (χ3n) is 2.35. The van der Waals surface area contributed by atoms with E-state index in [1.54, 1.807) is 14.1 Å². The van der Waals surface area contributed by atoms with E-state index in [9.17, 15) is 9.59 Å². The summed E-state index contributed by atoms with van der Waals surface area (Å²) in [5.41, 5.74) is 2.96. The molecule has 1 rings (SSSR count). The van der Waals surface area contributed by atoms with Crippen LogP contribution in [0.4, 0.5) is 0 Å². The summed E-state index contributed by atoms with van der Waals surface area (Å²) < 4.78 is 0. The van der Waals surface area contributed by atoms with Gasteiger partial charge in [-0.05, 0) is 5.56 Å². The summed E-state index contributed by atoms with van der Waals surface area (Å²) in [6.45, 7) is 0. The molecular formula is C12H17N3O2S. The molecule has 2 amide bonds. The highest BCUT2D eigenvalue weighted by molar-refractivity contribution is 8.00. The average Bonchev–Trinajstić information content (AvgIpc) is 2.39. The van der Waals surface area contributed by atoms with Crippen LogP contribution in [0, 0.1) is 0 Å². The van der Waals surface area contributed by atoms with Crippen molar-refractivity contribution < 1.29 is 9.59 Å². The minimum absolute atomic E-state index is 0.0363. The van der Waals surface area contributed by atoms with Crippen molar-refractivity contribution in [2.24, 2.45) is 5.84 Å². The number of hydrazine groups is 1. The molecule has 0 heterocycles. The minimum Gasteiger partial charge on any atom is -0.348 e. The standard InChI is InChI=1S/C12H17N3O2S/c1-15(2)10(16)8-18-11(12(17)14-13)9-6-4-3-5-7-9/h3-7,11H,8,13H2,1-2H3,(H,14,17). The quantitative estimate of drug-likeness (QED) is 0.464. The predicted octanol–water partition coefficient (Wildman–Crippen LogP) is 0.539. The summed E-state index contributed by atoms with van der Waals surface area (Å²) in [5, 5.41) is -0.472. The van der Waals surface area contributed by atoms with E-state index in [4.69, 9.17) is 5.84 Å². The van der Waals surface area contributed by atoms with Crippen molar-refractivity contribution in [3.63, 3.8) is 0 Å². The van der Waals surface area contributed by atoms with Crippen LogP contribution in [-0.2, 0) is 9.59 Å². The second kappa shape index (κ2) is 7.03. The number of carbonyl (C=O) groups excluding carboxylic acids is 2. The van der Waals surface area contributed by atoms with Crippen LogP contribution in [0.2, 0.25) is 0 Å². The smallest absolute Gasteiger partial charge is 0.251 e. The maximum Gasteiger partial charge on any atom is 0.251 e. The first-order valence-corrected chi connectivity index (χ1v) is 6.48. The zero-order valence-corrected chi connectivity index (χ0v) is 11.2. The van der Waals surface area contributed by atoms with Crippen LogP contribution in [0.1, 0.15) is 10.8 Å². The van der Waals surface area contributed by atoms with Crippen molar-refractivity contribution in [2.75, 3.05) is 19.8 Å². The van der Waals surface area contributed by atoms with E-state index < -0.39 is 5.25 Å². The first kappa shape index (κ1) is 14.5. The van der Waals surface area contributed by atoms with Crippen LogP contribution < -0.4 is 11.3 Å². The fourth-order valence-electron chi connectivity index (χ4n) is 1.31. The Balaban J connectivity index is 2.75. The summed E-state index contributed by atoms with van der Waals surface area (Å²) in [6, 6.07) is 9.25. The van der Waals surface area contributed by atoms with Crippen LogP contribution in [-0.4, -0.2) is 36.6 Å². The monoisotopic (exact) mass is 267 g/mol. The second-order valence-electron chi connectivity index (χ2n) is 3.90. The predicted molar refractivity (Wildman–Crippen MR) is 72.7 cm³/mol. The Morgan fingerprint density at radius 2 is 1.94 bits per heavy atom. The van der Waals surface area contributed by atoms with Crippen LogP contribution in [0.25, 0.3) is 0 Å². The van der Waals surface area contributed by atoms with Crippen LogP contribution in [0.15, 0.2) is 30.3 Å². The second-order valence-corrected chi connectivity index (χ2v) is 4.99. The molecule has 98 valence electrons. The Bertz CT molecular complexity index is 409. The topological polar surface area (TPSA) is 75.4 Å². The molecule has 0 fully saturated rings. The van der Waals surface area contributed by atoms with Gasteiger partial charge >= 0.3 is 0 Å². The van der Waals surface area contributed by atoms with Gasteiger partial charge < -0.3 is 4.90 Å². The van der Waals surface area contributed by atoms with Gasteiger partial charge in [-0.2, -0.15) is 0 Å². The van der Waals surface area contributed by atoms with Crippen molar-refractivity contribution in [1.82, 2.24) is 10.3 Å². The summed E-state index contributed by atoms with van der Waals surface area (Å²) in [6.07, 6.45) is 0. The average molecular weight is 267 g/mol. The van der Waals surface area contributed by atoms with E-state index in [-0.39, 0.29) is 17.6 Å². The molecule has 0 aromatic heterocycles. The Labute approximate surface area is 111 Å². The van der Waals surface area contributed by atoms with Crippen LogP contribution >= 0.6 is 11.8 Å². The molecule has 6 heteroatoms. The number of rotatable bonds is 5. The Kier molecular flexibility index (Phi) is 5.67. The third kappa shape index (κ3) is 4.05. The van der Waals surface area contributed by atoms with Crippen molar-refractivity contribution >= 4 is 23.6 Å². The third-order valence-corrected chi connectivity index (χ3v) is 3.59. The van der Waals surface area contributed by atoms with Gasteiger partial charge in [0, 0.05) is 14.1 Å². The molecule has 0 radical (unpaired) electrons. The molecule has 1 aromatic rings. The first-order valence-electron chi connectivity index (χ1n) is 5.43. The van der Waals surface area contributed by atoms with Gasteiger partial charge in [-0.25, -0.2) is 5.84 Å². The molecule has 0 aliphatic heterocycles. The van der Waals surface area contributed by atoms with Crippen LogP contribution in [0.5, 0.6) is 0 Å². The lowest BCUT2D eigenvalue weighted by atomic mass is 10.1. The first-order chi connectivity index (χ1) is 8.56. The number of carbonyl (C=O) groups is 2.